The number of hydrogen-bond donors (Lipinski definition) is 0. The molecule has 0 aromatic carbocycles. The molecule has 0 aromatic rings. The van der Waals surface area contributed by atoms with Crippen LogP contribution in [0.4, 0.5) is 0 Å². The van der Waals surface area contributed by atoms with Gasteiger partial charge in [-0.05, 0) is 51.9 Å². The summed E-state index contributed by atoms with van der Waals surface area (Å²) in [6.45, 7) is 21.5. The van der Waals surface area contributed by atoms with Gasteiger partial charge in [-0.2, -0.15) is 4.89 Å². The fourth-order valence-electron chi connectivity index (χ4n) is 2.92. The normalized spacial score (nSPS) is 16.6. The molecule has 0 aromatic heterocycles. The van der Waals surface area contributed by atoms with Crippen molar-refractivity contribution >= 4 is 0 Å². The summed E-state index contributed by atoms with van der Waals surface area (Å²) in [7, 11) is 0. The van der Waals surface area contributed by atoms with Crippen molar-refractivity contribution in [3.05, 3.63) is 0 Å². The van der Waals surface area contributed by atoms with Crippen LogP contribution in [0.15, 0.2) is 0 Å². The van der Waals surface area contributed by atoms with E-state index in [0.29, 0.717) is 31.7 Å². The van der Waals surface area contributed by atoms with Gasteiger partial charge in [0.25, 0.3) is 0 Å². The van der Waals surface area contributed by atoms with Crippen molar-refractivity contribution in [3.8, 4) is 0 Å². The Balaban J connectivity index is 5.47. The van der Waals surface area contributed by atoms with Crippen molar-refractivity contribution < 1.29 is 24.0 Å². The molecule has 0 aliphatic rings. The Morgan fingerprint density at radius 2 is 1.53 bits per heavy atom. The highest BCUT2D eigenvalue weighted by Gasteiger charge is 2.52. The lowest BCUT2D eigenvalue weighted by Crippen LogP contribution is -2.56. The topological polar surface area (TPSA) is 46.2 Å². The first kappa shape index (κ1) is 29.8. The fraction of sp³-hybridized carbons (Fsp3) is 1.00. The van der Waals surface area contributed by atoms with Gasteiger partial charge in [-0.15, -0.1) is 0 Å². The Bertz CT molecular complexity index is 399. The molecule has 5 heteroatoms. The van der Waals surface area contributed by atoms with Crippen LogP contribution in [0, 0.1) is 17.3 Å². The van der Waals surface area contributed by atoms with Gasteiger partial charge in [-0.3, -0.25) is 0 Å². The molecule has 30 heavy (non-hydrogen) atoms. The van der Waals surface area contributed by atoms with E-state index in [9.17, 15) is 0 Å². The summed E-state index contributed by atoms with van der Waals surface area (Å²) >= 11 is 0. The minimum atomic E-state index is -1.31. The summed E-state index contributed by atoms with van der Waals surface area (Å²) in [5.74, 6) is -0.374. The Hall–Kier alpha value is -0.200. The van der Waals surface area contributed by atoms with Crippen LogP contribution in [0.1, 0.15) is 107 Å². The van der Waals surface area contributed by atoms with E-state index in [4.69, 9.17) is 24.0 Å². The SMILES string of the molecule is CCCCCOCC(C)(C)C(OCC(C)CC)(OOCCC(C)C)OC(C)CCC. The van der Waals surface area contributed by atoms with Crippen LogP contribution in [-0.4, -0.2) is 38.5 Å². The molecule has 0 fully saturated rings. The van der Waals surface area contributed by atoms with Crippen molar-refractivity contribution in [2.24, 2.45) is 17.3 Å². The van der Waals surface area contributed by atoms with Gasteiger partial charge in [0.15, 0.2) is 0 Å². The van der Waals surface area contributed by atoms with Crippen LogP contribution in [0.25, 0.3) is 0 Å². The molecule has 3 unspecified atom stereocenters. The first-order valence-corrected chi connectivity index (χ1v) is 12.3. The first-order chi connectivity index (χ1) is 14.1. The van der Waals surface area contributed by atoms with Crippen molar-refractivity contribution in [3.63, 3.8) is 0 Å². The molecule has 5 nitrogen and oxygen atoms in total. The molecule has 0 amide bonds. The van der Waals surface area contributed by atoms with Crippen molar-refractivity contribution in [1.29, 1.82) is 0 Å². The second-order valence-corrected chi connectivity index (χ2v) is 9.83. The third kappa shape index (κ3) is 12.0. The van der Waals surface area contributed by atoms with E-state index in [2.05, 4.69) is 62.3 Å². The fourth-order valence-corrected chi connectivity index (χ4v) is 2.92. The van der Waals surface area contributed by atoms with E-state index in [1.54, 1.807) is 0 Å². The van der Waals surface area contributed by atoms with Crippen LogP contribution in [0.3, 0.4) is 0 Å². The predicted molar refractivity (Wildman–Crippen MR) is 124 cm³/mol. The van der Waals surface area contributed by atoms with Gasteiger partial charge in [-0.1, -0.05) is 67.2 Å². The molecular formula is C25H52O5. The number of hydrogen-bond acceptors (Lipinski definition) is 5. The molecule has 0 saturated heterocycles. The maximum atomic E-state index is 6.47. The van der Waals surface area contributed by atoms with Crippen molar-refractivity contribution in [2.45, 2.75) is 119 Å². The molecule has 0 saturated carbocycles. The summed E-state index contributed by atoms with van der Waals surface area (Å²) in [5.41, 5.74) is -0.549. The van der Waals surface area contributed by atoms with Gasteiger partial charge >= 0.3 is 5.97 Å². The molecule has 0 aliphatic carbocycles. The molecule has 3 atom stereocenters. The zero-order valence-corrected chi connectivity index (χ0v) is 21.6. The lowest BCUT2D eigenvalue weighted by molar-refractivity contribution is -0.544. The first-order valence-electron chi connectivity index (χ1n) is 12.3. The van der Waals surface area contributed by atoms with Crippen LogP contribution in [0.5, 0.6) is 0 Å². The largest absolute Gasteiger partial charge is 0.381 e. The molecule has 0 spiro atoms. The highest BCUT2D eigenvalue weighted by atomic mass is 17.3. The lowest BCUT2D eigenvalue weighted by atomic mass is 9.90. The van der Waals surface area contributed by atoms with Gasteiger partial charge in [0.05, 0.1) is 31.3 Å². The molecular weight excluding hydrogens is 380 g/mol. The lowest BCUT2D eigenvalue weighted by Gasteiger charge is -2.45. The zero-order valence-electron chi connectivity index (χ0n) is 21.6. The Morgan fingerprint density at radius 3 is 2.10 bits per heavy atom. The molecule has 0 heterocycles. The smallest absolute Gasteiger partial charge is 0.319 e. The number of unbranched alkanes of at least 4 members (excludes halogenated alkanes) is 2. The van der Waals surface area contributed by atoms with E-state index in [0.717, 1.165) is 38.7 Å². The average molecular weight is 433 g/mol. The van der Waals surface area contributed by atoms with Crippen molar-refractivity contribution in [1.82, 2.24) is 0 Å². The average Bonchev–Trinajstić information content (AvgIpc) is 2.68. The molecule has 182 valence electrons. The van der Waals surface area contributed by atoms with E-state index < -0.39 is 11.4 Å². The monoisotopic (exact) mass is 432 g/mol. The summed E-state index contributed by atoms with van der Waals surface area (Å²) in [4.78, 5) is 11.7. The van der Waals surface area contributed by atoms with Crippen LogP contribution < -0.4 is 0 Å². The second-order valence-electron chi connectivity index (χ2n) is 9.83. The standard InChI is InChI=1S/C25H52O5/c1-10-13-14-17-26-20-24(8,9)25(27-19-22(6)12-3,29-23(7)15-11-2)30-28-18-16-21(4)5/h21-23H,10-20H2,1-9H3. The Labute approximate surface area is 187 Å². The molecule has 0 bridgehead atoms. The third-order valence-corrected chi connectivity index (χ3v) is 5.44. The summed E-state index contributed by atoms with van der Waals surface area (Å²) in [6.07, 6.45) is 7.31. The van der Waals surface area contributed by atoms with Crippen LogP contribution in [0.2, 0.25) is 0 Å². The Morgan fingerprint density at radius 1 is 0.833 bits per heavy atom. The van der Waals surface area contributed by atoms with Gasteiger partial charge in [-0.25, -0.2) is 4.89 Å². The minimum Gasteiger partial charge on any atom is -0.381 e. The molecule has 0 radical (unpaired) electrons. The Kier molecular flexibility index (Phi) is 16.3. The predicted octanol–water partition coefficient (Wildman–Crippen LogP) is 7.14. The summed E-state index contributed by atoms with van der Waals surface area (Å²) in [6, 6.07) is 0. The van der Waals surface area contributed by atoms with Crippen LogP contribution >= 0.6 is 0 Å². The van der Waals surface area contributed by atoms with E-state index in [1.807, 2.05) is 0 Å². The van der Waals surface area contributed by atoms with Gasteiger partial charge < -0.3 is 14.2 Å². The highest BCUT2D eigenvalue weighted by molar-refractivity contribution is 4.81. The molecule has 0 rings (SSSR count). The van der Waals surface area contributed by atoms with Crippen molar-refractivity contribution in [2.75, 3.05) is 26.4 Å². The minimum absolute atomic E-state index is 0.0139. The van der Waals surface area contributed by atoms with Gasteiger partial charge in [0, 0.05) is 6.61 Å². The van der Waals surface area contributed by atoms with Crippen LogP contribution in [-0.2, 0) is 24.0 Å². The van der Waals surface area contributed by atoms with Gasteiger partial charge in [0.2, 0.25) is 0 Å². The third-order valence-electron chi connectivity index (χ3n) is 5.44. The maximum Gasteiger partial charge on any atom is 0.319 e. The summed E-state index contributed by atoms with van der Waals surface area (Å²) < 4.78 is 18.9. The molecule has 0 N–H and O–H groups in total. The quantitative estimate of drug-likeness (QED) is 0.0885. The van der Waals surface area contributed by atoms with E-state index >= 15 is 0 Å². The zero-order chi connectivity index (χ0) is 23.0. The van der Waals surface area contributed by atoms with Gasteiger partial charge in [0.1, 0.15) is 0 Å². The highest BCUT2D eigenvalue weighted by Crippen LogP contribution is 2.39. The molecule has 0 aliphatic heterocycles. The summed E-state index contributed by atoms with van der Waals surface area (Å²) in [5, 5.41) is 0. The van der Waals surface area contributed by atoms with E-state index in [-0.39, 0.29) is 6.10 Å². The van der Waals surface area contributed by atoms with E-state index in [1.165, 1.54) is 12.8 Å². The second kappa shape index (κ2) is 16.4. The maximum absolute atomic E-state index is 6.47. The number of rotatable bonds is 20. The number of ether oxygens (including phenoxy) is 3.